The maximum atomic E-state index is 13.7. The molecule has 1 heterocycles. The molecule has 0 bridgehead atoms. The van der Waals surface area contributed by atoms with E-state index in [1.807, 2.05) is 0 Å². The highest BCUT2D eigenvalue weighted by Crippen LogP contribution is 2.17. The summed E-state index contributed by atoms with van der Waals surface area (Å²) in [5.74, 6) is -1.19. The number of aryl methyl sites for hydroxylation is 1. The van der Waals surface area contributed by atoms with Crippen LogP contribution in [0.15, 0.2) is 34.9 Å². The van der Waals surface area contributed by atoms with E-state index in [9.17, 15) is 14.0 Å². The number of nitrogens with one attached hydrogen (secondary N) is 1. The van der Waals surface area contributed by atoms with Gasteiger partial charge in [-0.25, -0.2) is 9.18 Å². The van der Waals surface area contributed by atoms with Crippen molar-refractivity contribution < 1.29 is 23.1 Å². The molecule has 0 aliphatic carbocycles. The summed E-state index contributed by atoms with van der Waals surface area (Å²) in [5, 5.41) is 2.48. The van der Waals surface area contributed by atoms with Crippen molar-refractivity contribution in [1.29, 1.82) is 0 Å². The first-order chi connectivity index (χ1) is 9.97. The molecule has 0 aliphatic heterocycles. The number of rotatable bonds is 4. The number of amides is 1. The van der Waals surface area contributed by atoms with Crippen molar-refractivity contribution in [2.24, 2.45) is 0 Å². The molecule has 0 saturated carbocycles. The fourth-order valence-electron chi connectivity index (χ4n) is 1.74. The number of hydrogen-bond donors (Lipinski definition) is 1. The van der Waals surface area contributed by atoms with Gasteiger partial charge >= 0.3 is 5.97 Å². The lowest BCUT2D eigenvalue weighted by Gasteiger charge is -2.07. The average Bonchev–Trinajstić information content (AvgIpc) is 2.83. The van der Waals surface area contributed by atoms with Gasteiger partial charge in [-0.15, -0.1) is 0 Å². The molecule has 6 heteroatoms. The molecule has 1 amide bonds. The van der Waals surface area contributed by atoms with E-state index in [1.165, 1.54) is 25.3 Å². The van der Waals surface area contributed by atoms with Gasteiger partial charge in [-0.2, -0.15) is 0 Å². The van der Waals surface area contributed by atoms with Gasteiger partial charge in [0.05, 0.1) is 11.8 Å². The number of hydrogen-bond acceptors (Lipinski definition) is 4. The Bertz CT molecular complexity index is 678. The average molecular weight is 291 g/mol. The first kappa shape index (κ1) is 14.8. The Balaban J connectivity index is 2.11. The molecule has 2 rings (SSSR count). The van der Waals surface area contributed by atoms with Gasteiger partial charge in [0.1, 0.15) is 18.2 Å². The molecule has 110 valence electrons. The minimum absolute atomic E-state index is 0.00896. The number of anilines is 1. The van der Waals surface area contributed by atoms with Crippen molar-refractivity contribution >= 4 is 17.6 Å². The molecular formula is C15H14FNO4. The van der Waals surface area contributed by atoms with Gasteiger partial charge in [0.15, 0.2) is 0 Å². The minimum atomic E-state index is -0.805. The maximum Gasteiger partial charge on any atom is 0.341 e. The Morgan fingerprint density at radius 1 is 1.33 bits per heavy atom. The smallest absolute Gasteiger partial charge is 0.341 e. The van der Waals surface area contributed by atoms with Crippen molar-refractivity contribution in [3.8, 4) is 0 Å². The van der Waals surface area contributed by atoms with E-state index in [-0.39, 0.29) is 18.1 Å². The molecule has 2 aromatic rings. The summed E-state index contributed by atoms with van der Waals surface area (Å²) in [4.78, 5) is 22.9. The summed E-state index contributed by atoms with van der Waals surface area (Å²) in [6, 6.07) is 5.38. The molecule has 0 aliphatic rings. The lowest BCUT2D eigenvalue weighted by Crippen LogP contribution is -2.10. The summed E-state index contributed by atoms with van der Waals surface area (Å²) in [5.41, 5.74) is 0.805. The van der Waals surface area contributed by atoms with E-state index < -0.39 is 11.8 Å². The molecule has 0 radical (unpaired) electrons. The van der Waals surface area contributed by atoms with E-state index in [2.05, 4.69) is 5.32 Å². The zero-order valence-electron chi connectivity index (χ0n) is 11.6. The molecular weight excluding hydrogens is 277 g/mol. The van der Waals surface area contributed by atoms with Crippen LogP contribution in [0.3, 0.4) is 0 Å². The van der Waals surface area contributed by atoms with Crippen LogP contribution >= 0.6 is 0 Å². The number of furan rings is 1. The predicted octanol–water partition coefficient (Wildman–Crippen LogP) is 3.04. The third kappa shape index (κ3) is 3.68. The third-order valence-corrected chi connectivity index (χ3v) is 2.83. The second-order valence-corrected chi connectivity index (χ2v) is 4.45. The Morgan fingerprint density at radius 3 is 2.71 bits per heavy atom. The maximum absolute atomic E-state index is 13.7. The zero-order chi connectivity index (χ0) is 15.4. The summed E-state index contributed by atoms with van der Waals surface area (Å²) >= 11 is 0. The van der Waals surface area contributed by atoms with Gasteiger partial charge in [-0.1, -0.05) is 0 Å². The SMILES string of the molecule is CC(=O)Nc1ccc(F)c(C(=O)OCc2ccoc2C)c1. The van der Waals surface area contributed by atoms with Crippen LogP contribution < -0.4 is 5.32 Å². The van der Waals surface area contributed by atoms with E-state index in [1.54, 1.807) is 13.0 Å². The molecule has 1 N–H and O–H groups in total. The summed E-state index contributed by atoms with van der Waals surface area (Å²) in [6.45, 7) is 3.05. The van der Waals surface area contributed by atoms with Crippen LogP contribution in [-0.4, -0.2) is 11.9 Å². The Labute approximate surface area is 120 Å². The molecule has 0 saturated heterocycles. The summed E-state index contributed by atoms with van der Waals surface area (Å²) in [6.07, 6.45) is 1.48. The number of ether oxygens (including phenoxy) is 1. The van der Waals surface area contributed by atoms with Crippen LogP contribution in [0.2, 0.25) is 0 Å². The van der Waals surface area contributed by atoms with Gasteiger partial charge in [0.25, 0.3) is 0 Å². The van der Waals surface area contributed by atoms with Crippen molar-refractivity contribution in [1.82, 2.24) is 0 Å². The number of carbonyl (C=O) groups is 2. The van der Waals surface area contributed by atoms with Crippen molar-refractivity contribution in [2.45, 2.75) is 20.5 Å². The lowest BCUT2D eigenvalue weighted by molar-refractivity contribution is -0.114. The highest BCUT2D eigenvalue weighted by Gasteiger charge is 2.15. The predicted molar refractivity (Wildman–Crippen MR) is 73.3 cm³/mol. The number of carbonyl (C=O) groups excluding carboxylic acids is 2. The summed E-state index contributed by atoms with van der Waals surface area (Å²) in [7, 11) is 0. The standard InChI is InChI=1S/C15H14FNO4/c1-9-11(5-6-20-9)8-21-15(19)13-7-12(17-10(2)18)3-4-14(13)16/h3-7H,8H2,1-2H3,(H,17,18). The summed E-state index contributed by atoms with van der Waals surface area (Å²) < 4.78 is 23.8. The van der Waals surface area contributed by atoms with E-state index >= 15 is 0 Å². The highest BCUT2D eigenvalue weighted by atomic mass is 19.1. The van der Waals surface area contributed by atoms with Crippen molar-refractivity contribution in [2.75, 3.05) is 5.32 Å². The molecule has 1 aromatic heterocycles. The topological polar surface area (TPSA) is 68.5 Å². The quantitative estimate of drug-likeness (QED) is 0.879. The lowest BCUT2D eigenvalue weighted by atomic mass is 10.2. The normalized spacial score (nSPS) is 10.2. The molecule has 21 heavy (non-hydrogen) atoms. The van der Waals surface area contributed by atoms with Crippen LogP contribution in [0.5, 0.6) is 0 Å². The fourth-order valence-corrected chi connectivity index (χ4v) is 1.74. The number of halogens is 1. The largest absolute Gasteiger partial charge is 0.469 e. The zero-order valence-corrected chi connectivity index (χ0v) is 11.6. The Hall–Kier alpha value is -2.63. The van der Waals surface area contributed by atoms with Gasteiger partial charge < -0.3 is 14.5 Å². The number of esters is 1. The molecule has 1 aromatic carbocycles. The fraction of sp³-hybridized carbons (Fsp3) is 0.200. The van der Waals surface area contributed by atoms with Crippen LogP contribution in [0.4, 0.5) is 10.1 Å². The van der Waals surface area contributed by atoms with Crippen LogP contribution in [0.1, 0.15) is 28.6 Å². The van der Waals surface area contributed by atoms with Crippen LogP contribution in [-0.2, 0) is 16.1 Å². The second kappa shape index (κ2) is 6.21. The monoisotopic (exact) mass is 291 g/mol. The van der Waals surface area contributed by atoms with E-state index in [0.29, 0.717) is 17.0 Å². The van der Waals surface area contributed by atoms with E-state index in [0.717, 1.165) is 6.07 Å². The Morgan fingerprint density at radius 2 is 2.10 bits per heavy atom. The van der Waals surface area contributed by atoms with Gasteiger partial charge in [-0.3, -0.25) is 4.79 Å². The van der Waals surface area contributed by atoms with Gasteiger partial charge in [0.2, 0.25) is 5.91 Å². The minimum Gasteiger partial charge on any atom is -0.469 e. The van der Waals surface area contributed by atoms with E-state index in [4.69, 9.17) is 9.15 Å². The third-order valence-electron chi connectivity index (χ3n) is 2.83. The molecule has 5 nitrogen and oxygen atoms in total. The van der Waals surface area contributed by atoms with Gasteiger partial charge in [0, 0.05) is 18.2 Å². The number of benzene rings is 1. The first-order valence-electron chi connectivity index (χ1n) is 6.24. The Kier molecular flexibility index (Phi) is 4.37. The molecule has 0 fully saturated rings. The first-order valence-corrected chi connectivity index (χ1v) is 6.24. The molecule has 0 atom stereocenters. The molecule has 0 spiro atoms. The van der Waals surface area contributed by atoms with Crippen LogP contribution in [0, 0.1) is 12.7 Å². The second-order valence-electron chi connectivity index (χ2n) is 4.45. The van der Waals surface area contributed by atoms with Gasteiger partial charge in [-0.05, 0) is 31.2 Å². The molecule has 0 unspecified atom stereocenters. The highest BCUT2D eigenvalue weighted by molar-refractivity contribution is 5.93. The van der Waals surface area contributed by atoms with Crippen molar-refractivity contribution in [3.05, 3.63) is 53.2 Å². The van der Waals surface area contributed by atoms with Crippen molar-refractivity contribution in [3.63, 3.8) is 0 Å². The van der Waals surface area contributed by atoms with Crippen LogP contribution in [0.25, 0.3) is 0 Å².